The lowest BCUT2D eigenvalue weighted by atomic mass is 10.1. The highest BCUT2D eigenvalue weighted by Crippen LogP contribution is 2.28. The van der Waals surface area contributed by atoms with Crippen molar-refractivity contribution in [2.45, 2.75) is 32.6 Å². The molecule has 0 fully saturated rings. The Labute approximate surface area is 124 Å². The predicted molar refractivity (Wildman–Crippen MR) is 77.5 cm³/mol. The first-order valence-electron chi connectivity index (χ1n) is 6.41. The molecule has 2 rings (SSSR count). The standard InChI is InChI=1S/C14H19NO4.ClH/c1-9(2)15-6-11(16)8-18-12-5-3-4-10-7-19-14(17)13(10)12;/h3-5,9,11,15-16H,6-8H2,1-2H3;1H. The normalized spacial score (nSPS) is 14.5. The summed E-state index contributed by atoms with van der Waals surface area (Å²) in [4.78, 5) is 11.6. The lowest BCUT2D eigenvalue weighted by Gasteiger charge is -2.15. The van der Waals surface area contributed by atoms with Gasteiger partial charge in [-0.3, -0.25) is 0 Å². The number of nitrogens with one attached hydrogen (secondary N) is 1. The molecule has 0 amide bonds. The van der Waals surface area contributed by atoms with Crippen molar-refractivity contribution >= 4 is 18.4 Å². The minimum absolute atomic E-state index is 0. The fourth-order valence-corrected chi connectivity index (χ4v) is 1.88. The number of hydrogen-bond acceptors (Lipinski definition) is 5. The molecule has 0 bridgehead atoms. The monoisotopic (exact) mass is 301 g/mol. The molecule has 0 aliphatic carbocycles. The molecule has 5 nitrogen and oxygen atoms in total. The van der Waals surface area contributed by atoms with Gasteiger partial charge < -0.3 is 19.9 Å². The number of fused-ring (bicyclic) bond motifs is 1. The summed E-state index contributed by atoms with van der Waals surface area (Å²) < 4.78 is 10.5. The topological polar surface area (TPSA) is 67.8 Å². The number of rotatable bonds is 6. The van der Waals surface area contributed by atoms with Gasteiger partial charge in [0.25, 0.3) is 0 Å². The minimum Gasteiger partial charge on any atom is -0.490 e. The van der Waals surface area contributed by atoms with E-state index < -0.39 is 6.10 Å². The third-order valence-electron chi connectivity index (χ3n) is 2.87. The van der Waals surface area contributed by atoms with Crippen molar-refractivity contribution in [3.8, 4) is 5.75 Å². The van der Waals surface area contributed by atoms with Crippen LogP contribution >= 0.6 is 12.4 Å². The van der Waals surface area contributed by atoms with Crippen LogP contribution in [0.1, 0.15) is 29.8 Å². The molecule has 1 heterocycles. The number of carbonyl (C=O) groups is 1. The number of ether oxygens (including phenoxy) is 2. The van der Waals surface area contributed by atoms with Gasteiger partial charge in [0.15, 0.2) is 0 Å². The Morgan fingerprint density at radius 1 is 1.45 bits per heavy atom. The second-order valence-electron chi connectivity index (χ2n) is 4.89. The van der Waals surface area contributed by atoms with Crippen LogP contribution in [0.3, 0.4) is 0 Å². The third kappa shape index (κ3) is 4.10. The number of aliphatic hydroxyl groups is 1. The summed E-state index contributed by atoms with van der Waals surface area (Å²) in [6, 6.07) is 5.68. The highest BCUT2D eigenvalue weighted by Gasteiger charge is 2.25. The largest absolute Gasteiger partial charge is 0.490 e. The first kappa shape index (κ1) is 16.8. The second kappa shape index (κ2) is 7.47. The van der Waals surface area contributed by atoms with Crippen LogP contribution in [0.15, 0.2) is 18.2 Å². The molecular formula is C14H20ClNO4. The van der Waals surface area contributed by atoms with Crippen LogP contribution in [0.2, 0.25) is 0 Å². The average Bonchev–Trinajstić information content (AvgIpc) is 2.76. The predicted octanol–water partition coefficient (Wildman–Crippen LogP) is 1.52. The fourth-order valence-electron chi connectivity index (χ4n) is 1.88. The molecule has 0 saturated heterocycles. The second-order valence-corrected chi connectivity index (χ2v) is 4.89. The summed E-state index contributed by atoms with van der Waals surface area (Å²) in [7, 11) is 0. The molecule has 0 aromatic heterocycles. The van der Waals surface area contributed by atoms with Crippen LogP contribution in [0.4, 0.5) is 0 Å². The molecule has 1 unspecified atom stereocenters. The van der Waals surface area contributed by atoms with Gasteiger partial charge in [-0.2, -0.15) is 0 Å². The number of esters is 1. The molecule has 0 spiro atoms. The molecule has 1 aliphatic rings. The first-order chi connectivity index (χ1) is 9.08. The van der Waals surface area contributed by atoms with E-state index in [1.165, 1.54) is 0 Å². The Hall–Kier alpha value is -1.30. The lowest BCUT2D eigenvalue weighted by Crippen LogP contribution is -2.35. The summed E-state index contributed by atoms with van der Waals surface area (Å²) in [6.45, 7) is 4.91. The number of cyclic esters (lactones) is 1. The average molecular weight is 302 g/mol. The van der Waals surface area contributed by atoms with Crippen molar-refractivity contribution in [2.75, 3.05) is 13.2 Å². The summed E-state index contributed by atoms with van der Waals surface area (Å²) in [5, 5.41) is 12.9. The zero-order valence-corrected chi connectivity index (χ0v) is 12.4. The fraction of sp³-hybridized carbons (Fsp3) is 0.500. The molecule has 112 valence electrons. The van der Waals surface area contributed by atoms with Gasteiger partial charge in [-0.05, 0) is 6.07 Å². The maximum absolute atomic E-state index is 11.6. The van der Waals surface area contributed by atoms with Gasteiger partial charge in [-0.15, -0.1) is 12.4 Å². The lowest BCUT2D eigenvalue weighted by molar-refractivity contribution is 0.0528. The van der Waals surface area contributed by atoms with Gasteiger partial charge in [0.05, 0.1) is 0 Å². The van der Waals surface area contributed by atoms with E-state index in [1.807, 2.05) is 26.0 Å². The summed E-state index contributed by atoms with van der Waals surface area (Å²) in [5.74, 6) is 0.115. The molecule has 6 heteroatoms. The maximum Gasteiger partial charge on any atom is 0.342 e. The summed E-state index contributed by atoms with van der Waals surface area (Å²) in [5.41, 5.74) is 1.31. The molecular weight excluding hydrogens is 282 g/mol. The van der Waals surface area contributed by atoms with E-state index in [0.717, 1.165) is 5.56 Å². The van der Waals surface area contributed by atoms with Gasteiger partial charge in [0, 0.05) is 18.2 Å². The van der Waals surface area contributed by atoms with Crippen molar-refractivity contribution < 1.29 is 19.4 Å². The van der Waals surface area contributed by atoms with Gasteiger partial charge in [0.2, 0.25) is 0 Å². The van der Waals surface area contributed by atoms with Crippen molar-refractivity contribution in [1.29, 1.82) is 0 Å². The highest BCUT2D eigenvalue weighted by molar-refractivity contribution is 5.96. The maximum atomic E-state index is 11.6. The van der Waals surface area contributed by atoms with Crippen molar-refractivity contribution in [1.82, 2.24) is 5.32 Å². The Morgan fingerprint density at radius 2 is 2.20 bits per heavy atom. The van der Waals surface area contributed by atoms with Crippen LogP contribution in [-0.4, -0.2) is 36.4 Å². The van der Waals surface area contributed by atoms with Gasteiger partial charge >= 0.3 is 5.97 Å². The van der Waals surface area contributed by atoms with Crippen molar-refractivity contribution in [3.63, 3.8) is 0 Å². The zero-order chi connectivity index (χ0) is 13.8. The van der Waals surface area contributed by atoms with Crippen LogP contribution in [0.25, 0.3) is 0 Å². The molecule has 20 heavy (non-hydrogen) atoms. The van der Waals surface area contributed by atoms with Crippen LogP contribution in [0.5, 0.6) is 5.75 Å². The molecule has 1 aliphatic heterocycles. The van der Waals surface area contributed by atoms with Crippen LogP contribution < -0.4 is 10.1 Å². The van der Waals surface area contributed by atoms with E-state index in [9.17, 15) is 9.90 Å². The minimum atomic E-state index is -0.615. The molecule has 0 radical (unpaired) electrons. The number of benzene rings is 1. The van der Waals surface area contributed by atoms with Crippen molar-refractivity contribution in [2.24, 2.45) is 0 Å². The Balaban J connectivity index is 0.00000200. The summed E-state index contributed by atoms with van der Waals surface area (Å²) in [6.07, 6.45) is -0.615. The first-order valence-corrected chi connectivity index (χ1v) is 6.41. The van der Waals surface area contributed by atoms with Gasteiger partial charge in [-0.1, -0.05) is 26.0 Å². The van der Waals surface area contributed by atoms with E-state index in [1.54, 1.807) is 6.07 Å². The number of hydrogen-bond donors (Lipinski definition) is 2. The molecule has 1 aromatic carbocycles. The summed E-state index contributed by atoms with van der Waals surface area (Å²) >= 11 is 0. The zero-order valence-electron chi connectivity index (χ0n) is 11.6. The Kier molecular flexibility index (Phi) is 6.26. The van der Waals surface area contributed by atoms with E-state index in [2.05, 4.69) is 5.32 Å². The Bertz CT molecular complexity index is 464. The number of halogens is 1. The van der Waals surface area contributed by atoms with Crippen LogP contribution in [-0.2, 0) is 11.3 Å². The highest BCUT2D eigenvalue weighted by atomic mass is 35.5. The van der Waals surface area contributed by atoms with E-state index in [4.69, 9.17) is 9.47 Å². The molecule has 1 aromatic rings. The smallest absolute Gasteiger partial charge is 0.342 e. The SMILES string of the molecule is CC(C)NCC(O)COc1cccc2c1C(=O)OC2.Cl. The van der Waals surface area contributed by atoms with E-state index in [0.29, 0.717) is 30.5 Å². The van der Waals surface area contributed by atoms with E-state index >= 15 is 0 Å². The number of carbonyl (C=O) groups excluding carboxylic acids is 1. The van der Waals surface area contributed by atoms with Crippen LogP contribution in [0, 0.1) is 0 Å². The molecule has 2 N–H and O–H groups in total. The quantitative estimate of drug-likeness (QED) is 0.780. The third-order valence-corrected chi connectivity index (χ3v) is 2.87. The van der Waals surface area contributed by atoms with E-state index in [-0.39, 0.29) is 25.0 Å². The van der Waals surface area contributed by atoms with Gasteiger partial charge in [-0.25, -0.2) is 4.79 Å². The Morgan fingerprint density at radius 3 is 2.90 bits per heavy atom. The van der Waals surface area contributed by atoms with Gasteiger partial charge in [0.1, 0.15) is 30.6 Å². The number of aliphatic hydroxyl groups excluding tert-OH is 1. The molecule has 1 atom stereocenters. The van der Waals surface area contributed by atoms with Crippen molar-refractivity contribution in [3.05, 3.63) is 29.3 Å². The molecule has 0 saturated carbocycles.